The van der Waals surface area contributed by atoms with Crippen LogP contribution in [0.25, 0.3) is 0 Å². The maximum absolute atomic E-state index is 11.7. The van der Waals surface area contributed by atoms with Crippen molar-refractivity contribution < 1.29 is 8.42 Å². The van der Waals surface area contributed by atoms with Crippen molar-refractivity contribution in [3.05, 3.63) is 29.8 Å². The molecule has 1 unspecified atom stereocenters. The van der Waals surface area contributed by atoms with Gasteiger partial charge in [-0.25, -0.2) is 12.7 Å². The van der Waals surface area contributed by atoms with E-state index in [0.717, 1.165) is 30.6 Å². The summed E-state index contributed by atoms with van der Waals surface area (Å²) in [5.41, 5.74) is 7.87. The van der Waals surface area contributed by atoms with Crippen molar-refractivity contribution in [3.63, 3.8) is 0 Å². The second-order valence-corrected chi connectivity index (χ2v) is 7.86. The lowest BCUT2D eigenvalue weighted by Crippen LogP contribution is -2.42. The van der Waals surface area contributed by atoms with Gasteiger partial charge in [-0.05, 0) is 36.5 Å². The lowest BCUT2D eigenvalue weighted by Gasteiger charge is -2.34. The highest BCUT2D eigenvalue weighted by Gasteiger charge is 2.26. The molecule has 118 valence electrons. The van der Waals surface area contributed by atoms with Gasteiger partial charge >= 0.3 is 0 Å². The molecule has 1 aliphatic rings. The van der Waals surface area contributed by atoms with Crippen molar-refractivity contribution in [1.82, 2.24) is 4.31 Å². The Morgan fingerprint density at radius 1 is 1.33 bits per heavy atom. The van der Waals surface area contributed by atoms with Crippen LogP contribution in [0.5, 0.6) is 0 Å². The Bertz CT molecular complexity index is 557. The Balaban J connectivity index is 1.96. The van der Waals surface area contributed by atoms with E-state index in [-0.39, 0.29) is 0 Å². The minimum Gasteiger partial charge on any atom is -0.374 e. The van der Waals surface area contributed by atoms with Crippen LogP contribution in [0.1, 0.15) is 18.4 Å². The molecule has 0 radical (unpaired) electrons. The number of benzene rings is 1. The summed E-state index contributed by atoms with van der Waals surface area (Å²) in [6, 6.07) is 8.21. The summed E-state index contributed by atoms with van der Waals surface area (Å²) < 4.78 is 24.9. The summed E-state index contributed by atoms with van der Waals surface area (Å²) in [5.74, 6) is 0.382. The number of rotatable bonds is 5. The lowest BCUT2D eigenvalue weighted by atomic mass is 9.99. The lowest BCUT2D eigenvalue weighted by molar-refractivity contribution is 0.271. The normalized spacial score (nSPS) is 20.4. The Morgan fingerprint density at radius 2 is 2.00 bits per heavy atom. The van der Waals surface area contributed by atoms with E-state index in [0.29, 0.717) is 25.6 Å². The summed E-state index contributed by atoms with van der Waals surface area (Å²) in [6.45, 7) is 2.71. The molecular formula is C15H25N3O2S. The van der Waals surface area contributed by atoms with Crippen molar-refractivity contribution in [2.75, 3.05) is 37.8 Å². The van der Waals surface area contributed by atoms with Gasteiger partial charge in [0.15, 0.2) is 0 Å². The van der Waals surface area contributed by atoms with E-state index in [1.54, 1.807) is 4.31 Å². The van der Waals surface area contributed by atoms with Gasteiger partial charge in [-0.3, -0.25) is 0 Å². The van der Waals surface area contributed by atoms with Gasteiger partial charge in [0.25, 0.3) is 0 Å². The molecular weight excluding hydrogens is 286 g/mol. The molecule has 1 saturated heterocycles. The van der Waals surface area contributed by atoms with Crippen LogP contribution in [0.4, 0.5) is 5.69 Å². The molecule has 1 aromatic rings. The van der Waals surface area contributed by atoms with E-state index < -0.39 is 10.0 Å². The Morgan fingerprint density at radius 3 is 2.57 bits per heavy atom. The molecule has 2 N–H and O–H groups in total. The van der Waals surface area contributed by atoms with Crippen molar-refractivity contribution in [2.24, 2.45) is 11.7 Å². The van der Waals surface area contributed by atoms with E-state index in [2.05, 4.69) is 24.1 Å². The van der Waals surface area contributed by atoms with Gasteiger partial charge in [0.1, 0.15) is 0 Å². The standard InChI is InChI=1S/C15H25N3O2S/c1-17(15-7-5-13(10-16)6-8-15)11-14-4-3-9-18(12-14)21(2,19)20/h5-8,14H,3-4,9-12,16H2,1-2H3. The first-order chi connectivity index (χ1) is 9.90. The fraction of sp³-hybridized carbons (Fsp3) is 0.600. The average Bonchev–Trinajstić information content (AvgIpc) is 2.47. The number of piperidine rings is 1. The quantitative estimate of drug-likeness (QED) is 0.889. The van der Waals surface area contributed by atoms with E-state index in [9.17, 15) is 8.42 Å². The molecule has 2 rings (SSSR count). The predicted octanol–water partition coefficient (Wildman–Crippen LogP) is 1.25. The van der Waals surface area contributed by atoms with Crippen LogP contribution in [0.2, 0.25) is 0 Å². The van der Waals surface area contributed by atoms with Crippen LogP contribution in [0.3, 0.4) is 0 Å². The second kappa shape index (κ2) is 6.77. The van der Waals surface area contributed by atoms with Gasteiger partial charge < -0.3 is 10.6 Å². The van der Waals surface area contributed by atoms with Gasteiger partial charge in [0.05, 0.1) is 6.26 Å². The van der Waals surface area contributed by atoms with Gasteiger partial charge in [0, 0.05) is 38.9 Å². The molecule has 5 nitrogen and oxygen atoms in total. The minimum atomic E-state index is -3.07. The molecule has 0 saturated carbocycles. The summed E-state index contributed by atoms with van der Waals surface area (Å²) in [4.78, 5) is 2.19. The molecule has 6 heteroatoms. The highest BCUT2D eigenvalue weighted by molar-refractivity contribution is 7.88. The molecule has 21 heavy (non-hydrogen) atoms. The Hall–Kier alpha value is -1.11. The van der Waals surface area contributed by atoms with Gasteiger partial charge in [0.2, 0.25) is 10.0 Å². The number of anilines is 1. The van der Waals surface area contributed by atoms with Crippen LogP contribution in [0, 0.1) is 5.92 Å². The first-order valence-corrected chi connectivity index (χ1v) is 9.20. The zero-order chi connectivity index (χ0) is 15.5. The van der Waals surface area contributed by atoms with Gasteiger partial charge in [-0.15, -0.1) is 0 Å². The third kappa shape index (κ3) is 4.43. The molecule has 1 fully saturated rings. The second-order valence-electron chi connectivity index (χ2n) is 5.88. The van der Waals surface area contributed by atoms with Crippen LogP contribution < -0.4 is 10.6 Å². The number of hydrogen-bond donors (Lipinski definition) is 1. The SMILES string of the molecule is CN(CC1CCCN(S(C)(=O)=O)C1)c1ccc(CN)cc1. The highest BCUT2D eigenvalue weighted by atomic mass is 32.2. The monoisotopic (exact) mass is 311 g/mol. The molecule has 1 heterocycles. The average molecular weight is 311 g/mol. The summed E-state index contributed by atoms with van der Waals surface area (Å²) in [7, 11) is -1.01. The topological polar surface area (TPSA) is 66.6 Å². The first-order valence-electron chi connectivity index (χ1n) is 7.35. The third-order valence-electron chi connectivity index (χ3n) is 4.10. The number of nitrogens with zero attached hydrogens (tertiary/aromatic N) is 2. The zero-order valence-corrected chi connectivity index (χ0v) is 13.6. The van der Waals surface area contributed by atoms with E-state index in [1.807, 2.05) is 12.1 Å². The Labute approximate surface area is 127 Å². The van der Waals surface area contributed by atoms with Crippen molar-refractivity contribution in [1.29, 1.82) is 0 Å². The molecule has 0 amide bonds. The number of nitrogens with two attached hydrogens (primary N) is 1. The van der Waals surface area contributed by atoms with Crippen LogP contribution in [0.15, 0.2) is 24.3 Å². The fourth-order valence-corrected chi connectivity index (χ4v) is 3.80. The van der Waals surface area contributed by atoms with Crippen molar-refractivity contribution in [3.8, 4) is 0 Å². The molecule has 1 atom stereocenters. The summed E-state index contributed by atoms with van der Waals surface area (Å²) in [5, 5.41) is 0. The molecule has 0 aromatic heterocycles. The molecule has 0 aliphatic carbocycles. The van der Waals surface area contributed by atoms with Gasteiger partial charge in [-0.2, -0.15) is 0 Å². The zero-order valence-electron chi connectivity index (χ0n) is 12.8. The summed E-state index contributed by atoms with van der Waals surface area (Å²) in [6.07, 6.45) is 3.32. The van der Waals surface area contributed by atoms with Crippen molar-refractivity contribution >= 4 is 15.7 Å². The number of sulfonamides is 1. The van der Waals surface area contributed by atoms with Crippen LogP contribution >= 0.6 is 0 Å². The highest BCUT2D eigenvalue weighted by Crippen LogP contribution is 2.22. The molecule has 0 bridgehead atoms. The first kappa shape index (κ1) is 16.3. The predicted molar refractivity (Wildman–Crippen MR) is 86.7 cm³/mol. The maximum Gasteiger partial charge on any atom is 0.211 e. The van der Waals surface area contributed by atoms with E-state index in [4.69, 9.17) is 5.73 Å². The van der Waals surface area contributed by atoms with Crippen molar-refractivity contribution in [2.45, 2.75) is 19.4 Å². The summed E-state index contributed by atoms with van der Waals surface area (Å²) >= 11 is 0. The van der Waals surface area contributed by atoms with E-state index in [1.165, 1.54) is 6.26 Å². The fourth-order valence-electron chi connectivity index (χ4n) is 2.86. The maximum atomic E-state index is 11.7. The van der Waals surface area contributed by atoms with Gasteiger partial charge in [-0.1, -0.05) is 12.1 Å². The molecule has 0 spiro atoms. The molecule has 1 aromatic carbocycles. The Kier molecular flexibility index (Phi) is 5.24. The number of hydrogen-bond acceptors (Lipinski definition) is 4. The smallest absolute Gasteiger partial charge is 0.211 e. The van der Waals surface area contributed by atoms with Crippen LogP contribution in [-0.2, 0) is 16.6 Å². The largest absolute Gasteiger partial charge is 0.374 e. The third-order valence-corrected chi connectivity index (χ3v) is 5.37. The molecule has 1 aliphatic heterocycles. The minimum absolute atomic E-state index is 0.382. The van der Waals surface area contributed by atoms with Crippen LogP contribution in [-0.4, -0.2) is 45.7 Å². The van der Waals surface area contributed by atoms with E-state index >= 15 is 0 Å².